The first-order valence-corrected chi connectivity index (χ1v) is 6.73. The Hall–Kier alpha value is -2.55. The number of benzene rings is 2. The van der Waals surface area contributed by atoms with Crippen molar-refractivity contribution >= 4 is 16.7 Å². The Balaban J connectivity index is 2.07. The molecule has 0 aliphatic heterocycles. The van der Waals surface area contributed by atoms with E-state index in [1.165, 1.54) is 18.2 Å². The van der Waals surface area contributed by atoms with Crippen molar-refractivity contribution in [2.45, 2.75) is 13.8 Å². The lowest BCUT2D eigenvalue weighted by Crippen LogP contribution is -2.04. The Bertz CT molecular complexity index is 855. The molecule has 0 radical (unpaired) electrons. The van der Waals surface area contributed by atoms with Crippen LogP contribution in [0.3, 0.4) is 0 Å². The fourth-order valence-electron chi connectivity index (χ4n) is 2.41. The normalized spacial score (nSPS) is 10.8. The summed E-state index contributed by atoms with van der Waals surface area (Å²) in [5.41, 5.74) is 3.55. The number of rotatable bonds is 2. The molecule has 2 aromatic carbocycles. The number of aromatic nitrogens is 1. The number of carbonyl (C=O) groups is 1. The SMILES string of the molecule is Cc1ccc2cc(C(=O)c3ccc(F)cc3C)ccc2n1. The van der Waals surface area contributed by atoms with E-state index in [0.29, 0.717) is 16.7 Å². The standard InChI is InChI=1S/C18H14FNO/c1-11-9-15(19)6-7-16(11)18(21)14-5-8-17-13(10-14)4-3-12(2)20-17/h3-10H,1-2H3. The monoisotopic (exact) mass is 279 g/mol. The fraction of sp³-hybridized carbons (Fsp3) is 0.111. The highest BCUT2D eigenvalue weighted by Gasteiger charge is 2.13. The number of halogens is 1. The van der Waals surface area contributed by atoms with Crippen molar-refractivity contribution < 1.29 is 9.18 Å². The van der Waals surface area contributed by atoms with Crippen molar-refractivity contribution in [3.8, 4) is 0 Å². The molecule has 3 aromatic rings. The molecule has 0 saturated heterocycles. The summed E-state index contributed by atoms with van der Waals surface area (Å²) >= 11 is 0. The Labute approximate surface area is 122 Å². The molecule has 21 heavy (non-hydrogen) atoms. The quantitative estimate of drug-likeness (QED) is 0.657. The third-order valence-electron chi connectivity index (χ3n) is 3.52. The fourth-order valence-corrected chi connectivity index (χ4v) is 2.41. The van der Waals surface area contributed by atoms with Crippen LogP contribution >= 0.6 is 0 Å². The average Bonchev–Trinajstić information content (AvgIpc) is 2.46. The average molecular weight is 279 g/mol. The second kappa shape index (κ2) is 5.09. The highest BCUT2D eigenvalue weighted by atomic mass is 19.1. The molecule has 0 fully saturated rings. The second-order valence-corrected chi connectivity index (χ2v) is 5.15. The van der Waals surface area contributed by atoms with Gasteiger partial charge >= 0.3 is 0 Å². The maximum atomic E-state index is 13.1. The number of fused-ring (bicyclic) bond motifs is 1. The molecular weight excluding hydrogens is 265 g/mol. The summed E-state index contributed by atoms with van der Waals surface area (Å²) in [4.78, 5) is 17.0. The van der Waals surface area contributed by atoms with Crippen molar-refractivity contribution in [2.24, 2.45) is 0 Å². The molecule has 0 N–H and O–H groups in total. The molecule has 3 rings (SSSR count). The first-order chi connectivity index (χ1) is 10.0. The van der Waals surface area contributed by atoms with Gasteiger partial charge in [-0.05, 0) is 61.9 Å². The van der Waals surface area contributed by atoms with E-state index < -0.39 is 0 Å². The van der Waals surface area contributed by atoms with Gasteiger partial charge in [0.15, 0.2) is 5.78 Å². The van der Waals surface area contributed by atoms with Crippen molar-refractivity contribution in [2.75, 3.05) is 0 Å². The van der Waals surface area contributed by atoms with Crippen molar-refractivity contribution in [1.29, 1.82) is 0 Å². The van der Waals surface area contributed by atoms with Crippen LogP contribution in [0, 0.1) is 19.7 Å². The molecule has 0 saturated carbocycles. The molecule has 1 heterocycles. The molecule has 1 aromatic heterocycles. The molecule has 0 aliphatic rings. The van der Waals surface area contributed by atoms with Crippen LogP contribution in [0.1, 0.15) is 27.2 Å². The minimum absolute atomic E-state index is 0.102. The predicted octanol–water partition coefficient (Wildman–Crippen LogP) is 4.22. The Kier molecular flexibility index (Phi) is 3.26. The summed E-state index contributed by atoms with van der Waals surface area (Å²) in [5, 5.41) is 0.922. The number of nitrogens with zero attached hydrogens (tertiary/aromatic N) is 1. The molecule has 0 bridgehead atoms. The Morgan fingerprint density at radius 2 is 1.81 bits per heavy atom. The van der Waals surface area contributed by atoms with Crippen LogP contribution in [-0.2, 0) is 0 Å². The summed E-state index contributed by atoms with van der Waals surface area (Å²) in [6.45, 7) is 3.67. The molecule has 0 aliphatic carbocycles. The van der Waals surface area contributed by atoms with Crippen LogP contribution in [0.25, 0.3) is 10.9 Å². The Morgan fingerprint density at radius 3 is 2.57 bits per heavy atom. The molecule has 0 unspecified atom stereocenters. The van der Waals surface area contributed by atoms with Gasteiger partial charge in [0.1, 0.15) is 5.82 Å². The number of hydrogen-bond acceptors (Lipinski definition) is 2. The Morgan fingerprint density at radius 1 is 1.00 bits per heavy atom. The third-order valence-corrected chi connectivity index (χ3v) is 3.52. The number of carbonyl (C=O) groups excluding carboxylic acids is 1. The molecule has 2 nitrogen and oxygen atoms in total. The van der Waals surface area contributed by atoms with Crippen molar-refractivity contribution in [3.63, 3.8) is 0 Å². The number of aryl methyl sites for hydroxylation is 2. The van der Waals surface area contributed by atoms with Gasteiger partial charge in [0.25, 0.3) is 0 Å². The highest BCUT2D eigenvalue weighted by molar-refractivity contribution is 6.11. The summed E-state index contributed by atoms with van der Waals surface area (Å²) in [6.07, 6.45) is 0. The van der Waals surface area contributed by atoms with Crippen LogP contribution in [-0.4, -0.2) is 10.8 Å². The van der Waals surface area contributed by atoms with E-state index in [-0.39, 0.29) is 11.6 Å². The summed E-state index contributed by atoms with van der Waals surface area (Å²) in [6, 6.07) is 13.5. The largest absolute Gasteiger partial charge is 0.289 e. The summed E-state index contributed by atoms with van der Waals surface area (Å²) in [7, 11) is 0. The van der Waals surface area contributed by atoms with Crippen LogP contribution in [0.5, 0.6) is 0 Å². The maximum Gasteiger partial charge on any atom is 0.193 e. The topological polar surface area (TPSA) is 30.0 Å². The van der Waals surface area contributed by atoms with Gasteiger partial charge in [0, 0.05) is 22.2 Å². The van der Waals surface area contributed by atoms with Crippen LogP contribution in [0.2, 0.25) is 0 Å². The van der Waals surface area contributed by atoms with E-state index in [9.17, 15) is 9.18 Å². The van der Waals surface area contributed by atoms with Crippen LogP contribution in [0.15, 0.2) is 48.5 Å². The summed E-state index contributed by atoms with van der Waals surface area (Å²) in [5.74, 6) is -0.433. The molecule has 104 valence electrons. The molecular formula is C18H14FNO. The van der Waals surface area contributed by atoms with Gasteiger partial charge in [-0.1, -0.05) is 6.07 Å². The lowest BCUT2D eigenvalue weighted by Gasteiger charge is -2.06. The zero-order valence-electron chi connectivity index (χ0n) is 11.9. The molecule has 0 spiro atoms. The minimum Gasteiger partial charge on any atom is -0.289 e. The lowest BCUT2D eigenvalue weighted by molar-refractivity contribution is 0.103. The first-order valence-electron chi connectivity index (χ1n) is 6.73. The van der Waals surface area contributed by atoms with Crippen molar-refractivity contribution in [1.82, 2.24) is 4.98 Å². The van der Waals surface area contributed by atoms with E-state index in [2.05, 4.69) is 4.98 Å². The number of hydrogen-bond donors (Lipinski definition) is 0. The van der Waals surface area contributed by atoms with Crippen LogP contribution in [0.4, 0.5) is 4.39 Å². The number of ketones is 1. The molecule has 0 amide bonds. The first kappa shape index (κ1) is 13.4. The van der Waals surface area contributed by atoms with Gasteiger partial charge in [-0.2, -0.15) is 0 Å². The van der Waals surface area contributed by atoms with E-state index in [1.807, 2.05) is 31.2 Å². The van der Waals surface area contributed by atoms with Gasteiger partial charge < -0.3 is 0 Å². The van der Waals surface area contributed by atoms with E-state index in [1.54, 1.807) is 13.0 Å². The van der Waals surface area contributed by atoms with Gasteiger partial charge in [0.05, 0.1) is 5.52 Å². The minimum atomic E-state index is -0.331. The zero-order valence-corrected chi connectivity index (χ0v) is 11.9. The predicted molar refractivity (Wildman–Crippen MR) is 81.0 cm³/mol. The van der Waals surface area contributed by atoms with Crippen LogP contribution < -0.4 is 0 Å². The van der Waals surface area contributed by atoms with E-state index in [4.69, 9.17) is 0 Å². The highest BCUT2D eigenvalue weighted by Crippen LogP contribution is 2.19. The molecule has 3 heteroatoms. The van der Waals surface area contributed by atoms with Gasteiger partial charge in [0.2, 0.25) is 0 Å². The maximum absolute atomic E-state index is 13.1. The van der Waals surface area contributed by atoms with Gasteiger partial charge in [-0.15, -0.1) is 0 Å². The van der Waals surface area contributed by atoms with Gasteiger partial charge in [-0.25, -0.2) is 4.39 Å². The van der Waals surface area contributed by atoms with E-state index >= 15 is 0 Å². The lowest BCUT2D eigenvalue weighted by atomic mass is 9.98. The van der Waals surface area contributed by atoms with Crippen molar-refractivity contribution in [3.05, 3.63) is 76.7 Å². The second-order valence-electron chi connectivity index (χ2n) is 5.15. The smallest absolute Gasteiger partial charge is 0.193 e. The zero-order chi connectivity index (χ0) is 15.0. The third kappa shape index (κ3) is 2.55. The van der Waals surface area contributed by atoms with E-state index in [0.717, 1.165) is 16.6 Å². The number of pyridine rings is 1. The molecule has 0 atom stereocenters. The van der Waals surface area contributed by atoms with Gasteiger partial charge in [-0.3, -0.25) is 9.78 Å². The summed E-state index contributed by atoms with van der Waals surface area (Å²) < 4.78 is 13.1.